The molecule has 124 valence electrons. The molecule has 0 heterocycles. The Kier molecular flexibility index (Phi) is 6.22. The standard InChI is InChI=1S/C15H11Cl2F2N5/c16-11-3-1-9(13(18)5-11)7-21-23-15(20)24-22-8-10-2-4-12(17)6-14(10)19/h1-8H,(H3,20,23,24). The van der Waals surface area contributed by atoms with Crippen LogP contribution in [0.15, 0.2) is 46.6 Å². The highest BCUT2D eigenvalue weighted by Crippen LogP contribution is 2.13. The maximum atomic E-state index is 13.5. The first-order chi connectivity index (χ1) is 11.5. The summed E-state index contributed by atoms with van der Waals surface area (Å²) in [5.41, 5.74) is 4.99. The number of benzene rings is 2. The second-order valence-electron chi connectivity index (χ2n) is 4.45. The Hall–Kier alpha value is -2.51. The molecule has 0 spiro atoms. The Bertz CT molecular complexity index is 743. The molecule has 0 bridgehead atoms. The van der Waals surface area contributed by atoms with Crippen LogP contribution in [-0.4, -0.2) is 18.4 Å². The maximum Gasteiger partial charge on any atom is 0.230 e. The van der Waals surface area contributed by atoms with Crippen molar-refractivity contribution in [3.05, 3.63) is 69.2 Å². The van der Waals surface area contributed by atoms with Gasteiger partial charge in [-0.25, -0.2) is 19.6 Å². The molecule has 0 atom stereocenters. The lowest BCUT2D eigenvalue weighted by Crippen LogP contribution is -2.29. The number of hydrazone groups is 2. The van der Waals surface area contributed by atoms with Gasteiger partial charge in [-0.15, -0.1) is 0 Å². The van der Waals surface area contributed by atoms with Gasteiger partial charge in [0.25, 0.3) is 0 Å². The first kappa shape index (κ1) is 17.8. The molecular formula is C15H11Cl2F2N5. The molecule has 24 heavy (non-hydrogen) atoms. The van der Waals surface area contributed by atoms with E-state index < -0.39 is 11.6 Å². The summed E-state index contributed by atoms with van der Waals surface area (Å²) in [5.74, 6) is -1.36. The summed E-state index contributed by atoms with van der Waals surface area (Å²) in [4.78, 5) is 0. The van der Waals surface area contributed by atoms with Crippen LogP contribution in [0, 0.1) is 17.0 Å². The second kappa shape index (κ2) is 8.37. The molecule has 0 aromatic heterocycles. The van der Waals surface area contributed by atoms with Crippen LogP contribution in [0.25, 0.3) is 0 Å². The number of nitrogens with one attached hydrogen (secondary N) is 3. The molecule has 5 nitrogen and oxygen atoms in total. The predicted octanol–water partition coefficient (Wildman–Crippen LogP) is 3.75. The van der Waals surface area contributed by atoms with Crippen molar-refractivity contribution < 1.29 is 8.78 Å². The fraction of sp³-hybridized carbons (Fsp3) is 0. The summed E-state index contributed by atoms with van der Waals surface area (Å²) in [6.07, 6.45) is 2.37. The monoisotopic (exact) mass is 369 g/mol. The number of nitrogens with zero attached hydrogens (tertiary/aromatic N) is 2. The zero-order chi connectivity index (χ0) is 17.5. The lowest BCUT2D eigenvalue weighted by atomic mass is 10.2. The van der Waals surface area contributed by atoms with Gasteiger partial charge in [0.2, 0.25) is 5.96 Å². The van der Waals surface area contributed by atoms with Crippen LogP contribution in [-0.2, 0) is 0 Å². The van der Waals surface area contributed by atoms with E-state index in [4.69, 9.17) is 28.6 Å². The zero-order valence-electron chi connectivity index (χ0n) is 12.0. The molecule has 2 aromatic rings. The van der Waals surface area contributed by atoms with Gasteiger partial charge in [0.15, 0.2) is 0 Å². The van der Waals surface area contributed by atoms with E-state index in [0.29, 0.717) is 0 Å². The van der Waals surface area contributed by atoms with Crippen LogP contribution in [0.5, 0.6) is 0 Å². The molecule has 2 rings (SSSR count). The van der Waals surface area contributed by atoms with Crippen molar-refractivity contribution in [2.75, 3.05) is 0 Å². The minimum atomic E-state index is -0.538. The average Bonchev–Trinajstić information content (AvgIpc) is 2.51. The molecule has 0 aliphatic carbocycles. The second-order valence-corrected chi connectivity index (χ2v) is 5.32. The molecule has 0 unspecified atom stereocenters. The lowest BCUT2D eigenvalue weighted by molar-refractivity contribution is 0.625. The minimum absolute atomic E-state index is 0.200. The van der Waals surface area contributed by atoms with Crippen molar-refractivity contribution in [2.24, 2.45) is 10.2 Å². The van der Waals surface area contributed by atoms with Crippen molar-refractivity contribution in [2.45, 2.75) is 0 Å². The predicted molar refractivity (Wildman–Crippen MR) is 92.0 cm³/mol. The van der Waals surface area contributed by atoms with Gasteiger partial charge in [-0.1, -0.05) is 23.2 Å². The topological polar surface area (TPSA) is 72.6 Å². The van der Waals surface area contributed by atoms with Gasteiger partial charge >= 0.3 is 0 Å². The number of guanidine groups is 1. The quantitative estimate of drug-likeness (QED) is 0.436. The smallest absolute Gasteiger partial charge is 0.230 e. The summed E-state index contributed by atoms with van der Waals surface area (Å²) >= 11 is 11.3. The maximum absolute atomic E-state index is 13.5. The normalized spacial score (nSPS) is 11.2. The van der Waals surface area contributed by atoms with Crippen molar-refractivity contribution in [3.8, 4) is 0 Å². The van der Waals surface area contributed by atoms with Gasteiger partial charge in [-0.05, 0) is 36.4 Å². The SMILES string of the molecule is N=C(NN=Cc1ccc(Cl)cc1F)NN=Cc1ccc(Cl)cc1F. The van der Waals surface area contributed by atoms with Crippen molar-refractivity contribution >= 4 is 41.6 Å². The average molecular weight is 370 g/mol. The fourth-order valence-electron chi connectivity index (χ4n) is 1.57. The minimum Gasteiger partial charge on any atom is -0.266 e. The molecule has 9 heteroatoms. The summed E-state index contributed by atoms with van der Waals surface area (Å²) in [6, 6.07) is 8.22. The Labute approximate surface area is 146 Å². The highest BCUT2D eigenvalue weighted by molar-refractivity contribution is 6.30. The summed E-state index contributed by atoms with van der Waals surface area (Å²) < 4.78 is 27.0. The van der Waals surface area contributed by atoms with Crippen LogP contribution < -0.4 is 10.9 Å². The lowest BCUT2D eigenvalue weighted by Gasteiger charge is -2.02. The third kappa shape index (κ3) is 5.29. The highest BCUT2D eigenvalue weighted by atomic mass is 35.5. The van der Waals surface area contributed by atoms with E-state index in [1.807, 2.05) is 0 Å². The van der Waals surface area contributed by atoms with E-state index in [9.17, 15) is 8.78 Å². The van der Waals surface area contributed by atoms with Crippen LogP contribution in [0.3, 0.4) is 0 Å². The highest BCUT2D eigenvalue weighted by Gasteiger charge is 2.01. The van der Waals surface area contributed by atoms with Crippen LogP contribution in [0.1, 0.15) is 11.1 Å². The van der Waals surface area contributed by atoms with E-state index in [1.54, 1.807) is 0 Å². The summed E-state index contributed by atoms with van der Waals surface area (Å²) in [7, 11) is 0. The number of hydrogen-bond acceptors (Lipinski definition) is 3. The molecule has 3 N–H and O–H groups in total. The summed E-state index contributed by atoms with van der Waals surface area (Å²) in [5, 5.41) is 15.4. The van der Waals surface area contributed by atoms with Gasteiger partial charge in [-0.2, -0.15) is 10.2 Å². The van der Waals surface area contributed by atoms with Gasteiger partial charge in [0, 0.05) is 21.2 Å². The van der Waals surface area contributed by atoms with Crippen LogP contribution in [0.2, 0.25) is 10.0 Å². The first-order valence-electron chi connectivity index (χ1n) is 6.52. The Morgan fingerprint density at radius 1 is 0.875 bits per heavy atom. The van der Waals surface area contributed by atoms with E-state index in [-0.39, 0.29) is 27.1 Å². The Morgan fingerprint density at radius 3 is 1.67 bits per heavy atom. The van der Waals surface area contributed by atoms with E-state index in [1.165, 1.54) is 36.7 Å². The number of halogens is 4. The Morgan fingerprint density at radius 2 is 1.29 bits per heavy atom. The van der Waals surface area contributed by atoms with Gasteiger partial charge in [0.1, 0.15) is 11.6 Å². The summed E-state index contributed by atoms with van der Waals surface area (Å²) in [6.45, 7) is 0. The van der Waals surface area contributed by atoms with Gasteiger partial charge < -0.3 is 0 Å². The van der Waals surface area contributed by atoms with Crippen molar-refractivity contribution in [1.82, 2.24) is 10.9 Å². The van der Waals surface area contributed by atoms with Crippen LogP contribution in [0.4, 0.5) is 8.78 Å². The number of rotatable bonds is 4. The molecule has 0 aliphatic rings. The van der Waals surface area contributed by atoms with Crippen LogP contribution >= 0.6 is 23.2 Å². The molecule has 0 saturated carbocycles. The van der Waals surface area contributed by atoms with Gasteiger partial charge in [0.05, 0.1) is 12.4 Å². The molecule has 0 radical (unpaired) electrons. The van der Waals surface area contributed by atoms with Gasteiger partial charge in [-0.3, -0.25) is 5.41 Å². The molecule has 0 fully saturated rings. The van der Waals surface area contributed by atoms with E-state index in [0.717, 1.165) is 12.1 Å². The number of hydrogen-bond donors (Lipinski definition) is 3. The fourth-order valence-corrected chi connectivity index (χ4v) is 1.89. The first-order valence-corrected chi connectivity index (χ1v) is 7.28. The molecule has 0 aliphatic heterocycles. The Balaban J connectivity index is 1.87. The third-order valence-corrected chi connectivity index (χ3v) is 3.16. The largest absolute Gasteiger partial charge is 0.266 e. The molecule has 2 aromatic carbocycles. The third-order valence-electron chi connectivity index (χ3n) is 2.68. The zero-order valence-corrected chi connectivity index (χ0v) is 13.5. The van der Waals surface area contributed by atoms with Crippen molar-refractivity contribution in [3.63, 3.8) is 0 Å². The van der Waals surface area contributed by atoms with E-state index in [2.05, 4.69) is 21.1 Å². The molecule has 0 saturated heterocycles. The molecular weight excluding hydrogens is 359 g/mol. The van der Waals surface area contributed by atoms with Crippen molar-refractivity contribution in [1.29, 1.82) is 5.41 Å². The van der Waals surface area contributed by atoms with E-state index >= 15 is 0 Å². The molecule has 0 amide bonds.